The fourth-order valence-corrected chi connectivity index (χ4v) is 2.94. The summed E-state index contributed by atoms with van der Waals surface area (Å²) >= 11 is 0. The molecule has 0 bridgehead atoms. The van der Waals surface area contributed by atoms with Crippen molar-refractivity contribution in [2.24, 2.45) is 0 Å². The third kappa shape index (κ3) is 2.06. The Morgan fingerprint density at radius 2 is 1.78 bits per heavy atom. The van der Waals surface area contributed by atoms with Crippen molar-refractivity contribution in [3.8, 4) is 11.3 Å². The molecule has 0 saturated carbocycles. The zero-order valence-corrected chi connectivity index (χ0v) is 12.7. The number of aromatic nitrogens is 1. The quantitative estimate of drug-likeness (QED) is 0.554. The lowest BCUT2D eigenvalue weighted by Gasteiger charge is -2.02. The van der Waals surface area contributed by atoms with E-state index in [1.54, 1.807) is 12.1 Å². The van der Waals surface area contributed by atoms with Crippen LogP contribution in [0.2, 0.25) is 0 Å². The molecule has 4 aromatic rings. The highest BCUT2D eigenvalue weighted by molar-refractivity contribution is 5.99. The van der Waals surface area contributed by atoms with E-state index >= 15 is 0 Å². The van der Waals surface area contributed by atoms with Gasteiger partial charge in [-0.25, -0.2) is 4.39 Å². The van der Waals surface area contributed by atoms with E-state index in [0.717, 1.165) is 16.8 Å². The molecule has 0 atom stereocenters. The van der Waals surface area contributed by atoms with E-state index in [1.165, 1.54) is 12.1 Å². The van der Waals surface area contributed by atoms with Gasteiger partial charge >= 0.3 is 0 Å². The third-order valence-electron chi connectivity index (χ3n) is 4.08. The van der Waals surface area contributed by atoms with Gasteiger partial charge in [0.2, 0.25) is 5.43 Å². The summed E-state index contributed by atoms with van der Waals surface area (Å²) in [6.45, 7) is 3.80. The van der Waals surface area contributed by atoms with Crippen LogP contribution in [0.3, 0.4) is 0 Å². The summed E-state index contributed by atoms with van der Waals surface area (Å²) in [6, 6.07) is 11.6. The van der Waals surface area contributed by atoms with Crippen LogP contribution < -0.4 is 5.43 Å². The maximum Gasteiger partial charge on any atom is 0.202 e. The predicted molar refractivity (Wildman–Crippen MR) is 89.2 cm³/mol. The number of hydrogen-bond donors (Lipinski definition) is 1. The van der Waals surface area contributed by atoms with Crippen molar-refractivity contribution < 1.29 is 8.81 Å². The second-order valence-corrected chi connectivity index (χ2v) is 5.77. The topological polar surface area (TPSA) is 46.0 Å². The molecule has 4 heteroatoms. The minimum absolute atomic E-state index is 0.0753. The smallest absolute Gasteiger partial charge is 0.202 e. The lowest BCUT2D eigenvalue weighted by molar-refractivity contribution is 0.628. The number of nitrogens with one attached hydrogen (secondary N) is 1. The number of halogens is 1. The Morgan fingerprint density at radius 1 is 1.04 bits per heavy atom. The Balaban J connectivity index is 2.14. The van der Waals surface area contributed by atoms with Crippen molar-refractivity contribution in [1.82, 2.24) is 4.98 Å². The Labute approximate surface area is 131 Å². The van der Waals surface area contributed by atoms with Gasteiger partial charge in [0, 0.05) is 0 Å². The molecule has 0 saturated heterocycles. The number of fused-ring (bicyclic) bond motifs is 2. The van der Waals surface area contributed by atoms with Crippen LogP contribution in [-0.2, 0) is 0 Å². The first-order valence-corrected chi connectivity index (χ1v) is 7.36. The SMILES string of the molecule is Cc1ccc2oc3c(C)[nH]c(-c4ccc(F)cc4)c3c(=O)c2c1. The third-order valence-corrected chi connectivity index (χ3v) is 4.08. The monoisotopic (exact) mass is 307 g/mol. The maximum atomic E-state index is 13.2. The first-order valence-electron chi connectivity index (χ1n) is 7.36. The van der Waals surface area contributed by atoms with Crippen molar-refractivity contribution in [3.63, 3.8) is 0 Å². The summed E-state index contributed by atoms with van der Waals surface area (Å²) < 4.78 is 19.1. The zero-order valence-electron chi connectivity index (χ0n) is 12.7. The normalized spacial score (nSPS) is 11.4. The molecule has 2 heterocycles. The van der Waals surface area contributed by atoms with Gasteiger partial charge in [0.05, 0.1) is 22.2 Å². The molecular formula is C19H14FNO2. The molecule has 2 aromatic heterocycles. The molecule has 2 aromatic carbocycles. The fourth-order valence-electron chi connectivity index (χ4n) is 2.94. The first kappa shape index (κ1) is 13.8. The number of aromatic amines is 1. The van der Waals surface area contributed by atoms with Gasteiger partial charge in [0.25, 0.3) is 0 Å². The Bertz CT molecular complexity index is 1100. The number of aryl methyl sites for hydroxylation is 2. The van der Waals surface area contributed by atoms with E-state index < -0.39 is 0 Å². The second-order valence-electron chi connectivity index (χ2n) is 5.77. The number of hydrogen-bond acceptors (Lipinski definition) is 2. The van der Waals surface area contributed by atoms with Crippen LogP contribution in [0.4, 0.5) is 4.39 Å². The summed E-state index contributed by atoms with van der Waals surface area (Å²) in [4.78, 5) is 16.2. The van der Waals surface area contributed by atoms with Crippen LogP contribution in [0.5, 0.6) is 0 Å². The summed E-state index contributed by atoms with van der Waals surface area (Å²) in [5.74, 6) is -0.311. The van der Waals surface area contributed by atoms with Gasteiger partial charge in [-0.1, -0.05) is 11.6 Å². The summed E-state index contributed by atoms with van der Waals surface area (Å²) in [5, 5.41) is 1.06. The molecule has 0 spiro atoms. The molecule has 23 heavy (non-hydrogen) atoms. The van der Waals surface area contributed by atoms with Gasteiger partial charge in [-0.05, 0) is 55.8 Å². The van der Waals surface area contributed by atoms with E-state index in [4.69, 9.17) is 4.42 Å². The molecule has 0 aliphatic heterocycles. The van der Waals surface area contributed by atoms with Gasteiger partial charge in [-0.2, -0.15) is 0 Å². The molecule has 0 fully saturated rings. The van der Waals surface area contributed by atoms with Crippen molar-refractivity contribution >= 4 is 21.9 Å². The van der Waals surface area contributed by atoms with Crippen LogP contribution in [0.15, 0.2) is 51.7 Å². The van der Waals surface area contributed by atoms with E-state index in [9.17, 15) is 9.18 Å². The van der Waals surface area contributed by atoms with E-state index in [1.807, 2.05) is 32.0 Å². The zero-order chi connectivity index (χ0) is 16.1. The number of H-pyrrole nitrogens is 1. The van der Waals surface area contributed by atoms with Crippen LogP contribution in [0, 0.1) is 19.7 Å². The van der Waals surface area contributed by atoms with Crippen LogP contribution in [0.1, 0.15) is 11.3 Å². The summed E-state index contributed by atoms with van der Waals surface area (Å²) in [6.07, 6.45) is 0. The molecule has 0 amide bonds. The van der Waals surface area contributed by atoms with Crippen LogP contribution in [-0.4, -0.2) is 4.98 Å². The largest absolute Gasteiger partial charge is 0.454 e. The fraction of sp³-hybridized carbons (Fsp3) is 0.105. The Morgan fingerprint density at radius 3 is 2.52 bits per heavy atom. The van der Waals surface area contributed by atoms with Gasteiger partial charge in [-0.3, -0.25) is 4.79 Å². The maximum absolute atomic E-state index is 13.2. The summed E-state index contributed by atoms with van der Waals surface area (Å²) in [7, 11) is 0. The lowest BCUT2D eigenvalue weighted by atomic mass is 10.1. The van der Waals surface area contributed by atoms with Crippen LogP contribution >= 0.6 is 0 Å². The highest BCUT2D eigenvalue weighted by Crippen LogP contribution is 2.30. The van der Waals surface area contributed by atoms with E-state index in [2.05, 4.69) is 4.98 Å². The van der Waals surface area contributed by atoms with Gasteiger partial charge in [0.1, 0.15) is 11.4 Å². The molecule has 0 unspecified atom stereocenters. The summed E-state index contributed by atoms with van der Waals surface area (Å²) in [5.41, 5.74) is 4.23. The number of rotatable bonds is 1. The highest BCUT2D eigenvalue weighted by Gasteiger charge is 2.17. The standard InChI is InChI=1S/C19H14FNO2/c1-10-3-8-15-14(9-10)18(22)16-17(21-11(2)19(16)23-15)12-4-6-13(20)7-5-12/h3-9,21H,1-2H3. The van der Waals surface area contributed by atoms with Crippen molar-refractivity contribution in [2.75, 3.05) is 0 Å². The highest BCUT2D eigenvalue weighted by atomic mass is 19.1. The molecule has 4 rings (SSSR count). The molecular weight excluding hydrogens is 293 g/mol. The Hall–Kier alpha value is -2.88. The predicted octanol–water partition coefficient (Wildman–Crippen LogP) is 4.70. The number of benzene rings is 2. The first-order chi connectivity index (χ1) is 11.0. The molecule has 0 radical (unpaired) electrons. The molecule has 0 aliphatic rings. The average molecular weight is 307 g/mol. The molecule has 114 valence electrons. The van der Waals surface area contributed by atoms with Crippen LogP contribution in [0.25, 0.3) is 33.2 Å². The van der Waals surface area contributed by atoms with Gasteiger partial charge in [0.15, 0.2) is 5.58 Å². The van der Waals surface area contributed by atoms with Crippen molar-refractivity contribution in [1.29, 1.82) is 0 Å². The van der Waals surface area contributed by atoms with Crippen molar-refractivity contribution in [2.45, 2.75) is 13.8 Å². The Kier molecular flexibility index (Phi) is 2.88. The molecule has 1 N–H and O–H groups in total. The van der Waals surface area contributed by atoms with E-state index in [0.29, 0.717) is 27.6 Å². The van der Waals surface area contributed by atoms with E-state index in [-0.39, 0.29) is 11.2 Å². The minimum Gasteiger partial charge on any atom is -0.454 e. The molecule has 3 nitrogen and oxygen atoms in total. The lowest BCUT2D eigenvalue weighted by Crippen LogP contribution is -2.02. The van der Waals surface area contributed by atoms with Crippen molar-refractivity contribution in [3.05, 3.63) is 69.8 Å². The second kappa shape index (κ2) is 4.81. The van der Waals surface area contributed by atoms with Gasteiger partial charge in [-0.15, -0.1) is 0 Å². The minimum atomic E-state index is -0.311. The molecule has 0 aliphatic carbocycles. The average Bonchev–Trinajstić information content (AvgIpc) is 2.86. The van der Waals surface area contributed by atoms with Gasteiger partial charge < -0.3 is 9.40 Å².